The van der Waals surface area contributed by atoms with E-state index in [1.165, 1.54) is 5.56 Å². The number of hydrogen-bond acceptors (Lipinski definition) is 3. The quantitative estimate of drug-likeness (QED) is 0.657. The van der Waals surface area contributed by atoms with E-state index in [9.17, 15) is 9.59 Å². The summed E-state index contributed by atoms with van der Waals surface area (Å²) in [6.07, 6.45) is 2.12. The molecule has 5 heteroatoms. The first-order valence-electron chi connectivity index (χ1n) is 8.62. The molecule has 0 fully saturated rings. The summed E-state index contributed by atoms with van der Waals surface area (Å²) >= 11 is 0. The lowest BCUT2D eigenvalue weighted by molar-refractivity contribution is -0.119. The van der Waals surface area contributed by atoms with Gasteiger partial charge in [-0.2, -0.15) is 0 Å². The molecule has 3 N–H and O–H groups in total. The first-order valence-corrected chi connectivity index (χ1v) is 8.62. The van der Waals surface area contributed by atoms with Gasteiger partial charge in [-0.15, -0.1) is 0 Å². The van der Waals surface area contributed by atoms with Gasteiger partial charge in [0.15, 0.2) is 0 Å². The highest BCUT2D eigenvalue weighted by Crippen LogP contribution is 2.15. The Bertz CT molecular complexity index is 686. The van der Waals surface area contributed by atoms with Crippen LogP contribution in [0.2, 0.25) is 0 Å². The summed E-state index contributed by atoms with van der Waals surface area (Å²) < 4.78 is 0. The van der Waals surface area contributed by atoms with Crippen molar-refractivity contribution in [1.82, 2.24) is 5.32 Å². The highest BCUT2D eigenvalue weighted by molar-refractivity contribution is 5.91. The van der Waals surface area contributed by atoms with E-state index in [0.29, 0.717) is 13.0 Å². The van der Waals surface area contributed by atoms with Gasteiger partial charge in [0.05, 0.1) is 6.54 Å². The molecule has 0 saturated carbocycles. The van der Waals surface area contributed by atoms with E-state index in [1.54, 1.807) is 0 Å². The molecule has 0 aliphatic heterocycles. The summed E-state index contributed by atoms with van der Waals surface area (Å²) in [5.74, 6) is -0.0605. The molecule has 2 aromatic carbocycles. The van der Waals surface area contributed by atoms with Crippen molar-refractivity contribution in [3.8, 4) is 0 Å². The van der Waals surface area contributed by atoms with Crippen molar-refractivity contribution in [3.63, 3.8) is 0 Å². The van der Waals surface area contributed by atoms with Crippen molar-refractivity contribution < 1.29 is 9.59 Å². The number of rotatable bonds is 9. The maximum absolute atomic E-state index is 11.9. The Morgan fingerprint density at radius 2 is 1.68 bits per heavy atom. The number of carbonyl (C=O) groups excluding carboxylic acids is 2. The van der Waals surface area contributed by atoms with Gasteiger partial charge in [-0.05, 0) is 36.6 Å². The lowest BCUT2D eigenvalue weighted by atomic mass is 10.1. The molecule has 0 aromatic heterocycles. The third-order valence-electron chi connectivity index (χ3n) is 3.66. The Hall–Kier alpha value is -2.82. The van der Waals surface area contributed by atoms with E-state index in [-0.39, 0.29) is 18.4 Å². The molecule has 25 heavy (non-hydrogen) atoms. The molecule has 2 amide bonds. The van der Waals surface area contributed by atoms with Gasteiger partial charge >= 0.3 is 0 Å². The van der Waals surface area contributed by atoms with Crippen molar-refractivity contribution in [2.75, 3.05) is 23.7 Å². The Kier molecular flexibility index (Phi) is 7.50. The molecule has 0 atom stereocenters. The van der Waals surface area contributed by atoms with Crippen molar-refractivity contribution in [2.24, 2.45) is 0 Å². The lowest BCUT2D eigenvalue weighted by Crippen LogP contribution is -2.31. The fourth-order valence-electron chi connectivity index (χ4n) is 2.39. The van der Waals surface area contributed by atoms with Gasteiger partial charge in [-0.1, -0.05) is 43.3 Å². The van der Waals surface area contributed by atoms with Crippen LogP contribution in [0.5, 0.6) is 0 Å². The minimum atomic E-state index is -0.0589. The third-order valence-corrected chi connectivity index (χ3v) is 3.66. The van der Waals surface area contributed by atoms with Crippen LogP contribution < -0.4 is 16.0 Å². The van der Waals surface area contributed by atoms with Gasteiger partial charge < -0.3 is 16.0 Å². The summed E-state index contributed by atoms with van der Waals surface area (Å²) in [4.78, 5) is 23.5. The number of carbonyl (C=O) groups is 2. The Labute approximate surface area is 148 Å². The number of nitrogens with one attached hydrogen (secondary N) is 3. The zero-order valence-corrected chi connectivity index (χ0v) is 14.5. The molecular formula is C20H25N3O2. The molecule has 0 saturated heterocycles. The van der Waals surface area contributed by atoms with E-state index in [0.717, 1.165) is 24.2 Å². The molecule has 2 rings (SSSR count). The summed E-state index contributed by atoms with van der Waals surface area (Å²) in [5, 5.41) is 8.81. The molecule has 0 aliphatic carbocycles. The minimum Gasteiger partial charge on any atom is -0.376 e. The first kappa shape index (κ1) is 18.5. The number of anilines is 2. The average molecular weight is 339 g/mol. The molecule has 0 aliphatic rings. The second-order valence-corrected chi connectivity index (χ2v) is 5.82. The molecule has 0 heterocycles. The van der Waals surface area contributed by atoms with E-state index >= 15 is 0 Å². The lowest BCUT2D eigenvalue weighted by Gasteiger charge is -2.10. The molecule has 132 valence electrons. The summed E-state index contributed by atoms with van der Waals surface area (Å²) in [6.45, 7) is 2.77. The normalized spacial score (nSPS) is 10.1. The van der Waals surface area contributed by atoms with Gasteiger partial charge in [0, 0.05) is 24.3 Å². The Balaban J connectivity index is 1.73. The SMILES string of the molecule is CCCC(=O)Nc1cccc(NCC(=O)NCCc2ccccc2)c1. The van der Waals surface area contributed by atoms with E-state index < -0.39 is 0 Å². The van der Waals surface area contributed by atoms with E-state index in [2.05, 4.69) is 16.0 Å². The van der Waals surface area contributed by atoms with Crippen LogP contribution in [0.4, 0.5) is 11.4 Å². The van der Waals surface area contributed by atoms with Crippen LogP contribution in [-0.2, 0) is 16.0 Å². The highest BCUT2D eigenvalue weighted by Gasteiger charge is 2.04. The van der Waals surface area contributed by atoms with Crippen molar-refractivity contribution in [1.29, 1.82) is 0 Å². The van der Waals surface area contributed by atoms with Crippen LogP contribution in [-0.4, -0.2) is 24.9 Å². The molecule has 0 spiro atoms. The maximum Gasteiger partial charge on any atom is 0.239 e. The molecular weight excluding hydrogens is 314 g/mol. The Morgan fingerprint density at radius 1 is 0.920 bits per heavy atom. The fourth-order valence-corrected chi connectivity index (χ4v) is 2.39. The summed E-state index contributed by atoms with van der Waals surface area (Å²) in [6, 6.07) is 17.4. The van der Waals surface area contributed by atoms with Crippen LogP contribution >= 0.6 is 0 Å². The largest absolute Gasteiger partial charge is 0.376 e. The van der Waals surface area contributed by atoms with Crippen molar-refractivity contribution >= 4 is 23.2 Å². The smallest absolute Gasteiger partial charge is 0.239 e. The second-order valence-electron chi connectivity index (χ2n) is 5.82. The van der Waals surface area contributed by atoms with Crippen LogP contribution in [0.15, 0.2) is 54.6 Å². The molecule has 5 nitrogen and oxygen atoms in total. The van der Waals surface area contributed by atoms with Crippen LogP contribution in [0.3, 0.4) is 0 Å². The van der Waals surface area contributed by atoms with Gasteiger partial charge in [-0.3, -0.25) is 9.59 Å². The molecule has 0 radical (unpaired) electrons. The van der Waals surface area contributed by atoms with Crippen LogP contribution in [0.1, 0.15) is 25.3 Å². The average Bonchev–Trinajstić information content (AvgIpc) is 2.61. The second kappa shape index (κ2) is 10.1. The predicted octanol–water partition coefficient (Wildman–Crippen LogP) is 3.20. The summed E-state index contributed by atoms with van der Waals surface area (Å²) in [5.41, 5.74) is 2.73. The van der Waals surface area contributed by atoms with E-state index in [1.807, 2.05) is 61.5 Å². The number of hydrogen-bond donors (Lipinski definition) is 3. The van der Waals surface area contributed by atoms with Gasteiger partial charge in [-0.25, -0.2) is 0 Å². The third kappa shape index (κ3) is 7.08. The molecule has 0 unspecified atom stereocenters. The standard InChI is InChI=1S/C20H25N3O2/c1-2-7-19(24)23-18-11-6-10-17(14-18)22-15-20(25)21-13-12-16-8-4-3-5-9-16/h3-6,8-11,14,22H,2,7,12-13,15H2,1H3,(H,21,25)(H,23,24). The molecule has 2 aromatic rings. The monoisotopic (exact) mass is 339 g/mol. The number of amides is 2. The molecule has 0 bridgehead atoms. The zero-order chi connectivity index (χ0) is 17.9. The first-order chi connectivity index (χ1) is 12.2. The fraction of sp³-hybridized carbons (Fsp3) is 0.300. The topological polar surface area (TPSA) is 70.2 Å². The van der Waals surface area contributed by atoms with Crippen molar-refractivity contribution in [3.05, 3.63) is 60.2 Å². The van der Waals surface area contributed by atoms with Gasteiger partial charge in [0.1, 0.15) is 0 Å². The van der Waals surface area contributed by atoms with Crippen LogP contribution in [0, 0.1) is 0 Å². The van der Waals surface area contributed by atoms with Crippen molar-refractivity contribution in [2.45, 2.75) is 26.2 Å². The van der Waals surface area contributed by atoms with Crippen LogP contribution in [0.25, 0.3) is 0 Å². The predicted molar refractivity (Wildman–Crippen MR) is 102 cm³/mol. The van der Waals surface area contributed by atoms with Gasteiger partial charge in [0.2, 0.25) is 11.8 Å². The highest BCUT2D eigenvalue weighted by atomic mass is 16.2. The minimum absolute atomic E-state index is 0.00157. The summed E-state index contributed by atoms with van der Waals surface area (Å²) in [7, 11) is 0. The van der Waals surface area contributed by atoms with E-state index in [4.69, 9.17) is 0 Å². The zero-order valence-electron chi connectivity index (χ0n) is 14.5. The van der Waals surface area contributed by atoms with Gasteiger partial charge in [0.25, 0.3) is 0 Å². The number of benzene rings is 2. The maximum atomic E-state index is 11.9. The Morgan fingerprint density at radius 3 is 2.44 bits per heavy atom.